The van der Waals surface area contributed by atoms with Crippen molar-refractivity contribution in [3.05, 3.63) is 0 Å². The molecule has 0 aromatic heterocycles. The zero-order valence-electron chi connectivity index (χ0n) is 12.7. The fourth-order valence-electron chi connectivity index (χ4n) is 2.71. The summed E-state index contributed by atoms with van der Waals surface area (Å²) in [6.45, 7) is 11.3. The smallest absolute Gasteiger partial charge is 0.0603 e. The summed E-state index contributed by atoms with van der Waals surface area (Å²) in [5.74, 6) is 1.71. The van der Waals surface area contributed by atoms with Crippen LogP contribution in [0.1, 0.15) is 73.1 Å². The van der Waals surface area contributed by atoms with Crippen LogP contribution < -0.4 is 0 Å². The average Bonchev–Trinajstić information content (AvgIpc) is 2.59. The third kappa shape index (κ3) is 7.13. The molecule has 3 radical (unpaired) electrons. The molecular weight excluding hydrogens is 207 g/mol. The van der Waals surface area contributed by atoms with E-state index in [2.05, 4.69) is 6.92 Å². The molecule has 0 aromatic carbocycles. The Bertz CT molecular complexity index is 150. The van der Waals surface area contributed by atoms with Gasteiger partial charge in [-0.25, -0.2) is 0 Å². The van der Waals surface area contributed by atoms with Crippen LogP contribution in [0.3, 0.4) is 0 Å². The Hall–Kier alpha value is 0.0249. The topological polar surface area (TPSA) is 9.23 Å². The molecule has 1 nitrogen and oxygen atoms in total. The third-order valence-electron chi connectivity index (χ3n) is 3.39. The van der Waals surface area contributed by atoms with Crippen LogP contribution in [0, 0.1) is 11.8 Å². The van der Waals surface area contributed by atoms with Crippen molar-refractivity contribution < 1.29 is 4.74 Å². The number of hydrogen-bond acceptors (Lipinski definition) is 1. The molecule has 2 aliphatic rings. The standard InChI is InChI=1S/C11H20O.2C2H6.B/c1-9-7-10-5-3-2-4-6-11(10)12-8-9;2*1-2;/h9-11H,2-8H2,1H3;2*1-2H3;/t9?,10-,11?;;;/m0.../s1. The molecule has 1 saturated carbocycles. The van der Waals surface area contributed by atoms with E-state index in [1.807, 2.05) is 27.7 Å². The van der Waals surface area contributed by atoms with Crippen molar-refractivity contribution in [1.29, 1.82) is 0 Å². The Balaban J connectivity index is 0. The lowest BCUT2D eigenvalue weighted by atomic mass is 9.86. The summed E-state index contributed by atoms with van der Waals surface area (Å²) in [6.07, 6.45) is 9.08. The lowest BCUT2D eigenvalue weighted by Gasteiger charge is -2.33. The van der Waals surface area contributed by atoms with Crippen molar-refractivity contribution in [2.24, 2.45) is 11.8 Å². The number of hydrogen-bond donors (Lipinski definition) is 0. The van der Waals surface area contributed by atoms with Crippen LogP contribution in [0.15, 0.2) is 0 Å². The summed E-state index contributed by atoms with van der Waals surface area (Å²) in [5.41, 5.74) is 0. The second-order valence-electron chi connectivity index (χ2n) is 4.61. The van der Waals surface area contributed by atoms with E-state index in [-0.39, 0.29) is 8.41 Å². The molecule has 1 aliphatic heterocycles. The number of ether oxygens (including phenoxy) is 1. The van der Waals surface area contributed by atoms with Crippen molar-refractivity contribution >= 4 is 8.41 Å². The van der Waals surface area contributed by atoms with E-state index < -0.39 is 0 Å². The van der Waals surface area contributed by atoms with E-state index in [0.29, 0.717) is 6.10 Å². The second kappa shape index (κ2) is 12.5. The molecule has 101 valence electrons. The van der Waals surface area contributed by atoms with Gasteiger partial charge in [-0.2, -0.15) is 0 Å². The highest BCUT2D eigenvalue weighted by atomic mass is 16.5. The van der Waals surface area contributed by atoms with Crippen LogP contribution in [0.25, 0.3) is 0 Å². The van der Waals surface area contributed by atoms with Crippen LogP contribution in [-0.2, 0) is 4.74 Å². The average molecular weight is 239 g/mol. The molecule has 1 heterocycles. The first-order valence-electron chi connectivity index (χ1n) is 7.48. The first kappa shape index (κ1) is 19.4. The monoisotopic (exact) mass is 239 g/mol. The fourth-order valence-corrected chi connectivity index (χ4v) is 2.71. The molecule has 1 saturated heterocycles. The van der Waals surface area contributed by atoms with Crippen molar-refractivity contribution in [2.45, 2.75) is 79.2 Å². The van der Waals surface area contributed by atoms with Crippen LogP contribution in [-0.4, -0.2) is 21.1 Å². The normalized spacial score (nSPS) is 31.2. The van der Waals surface area contributed by atoms with Gasteiger partial charge in [-0.05, 0) is 31.1 Å². The number of rotatable bonds is 0. The Morgan fingerprint density at radius 1 is 0.882 bits per heavy atom. The van der Waals surface area contributed by atoms with Gasteiger partial charge >= 0.3 is 0 Å². The predicted octanol–water partition coefficient (Wildman–Crippen LogP) is 4.66. The maximum atomic E-state index is 5.87. The van der Waals surface area contributed by atoms with E-state index in [1.54, 1.807) is 0 Å². The van der Waals surface area contributed by atoms with E-state index >= 15 is 0 Å². The van der Waals surface area contributed by atoms with Crippen molar-refractivity contribution in [3.8, 4) is 0 Å². The van der Waals surface area contributed by atoms with Gasteiger partial charge in [0, 0.05) is 15.0 Å². The Kier molecular flexibility index (Phi) is 14.2. The zero-order valence-corrected chi connectivity index (χ0v) is 12.7. The summed E-state index contributed by atoms with van der Waals surface area (Å²) in [6, 6.07) is 0. The van der Waals surface area contributed by atoms with Gasteiger partial charge in [0.15, 0.2) is 0 Å². The van der Waals surface area contributed by atoms with Crippen molar-refractivity contribution in [2.75, 3.05) is 6.61 Å². The predicted molar refractivity (Wildman–Crippen MR) is 78.5 cm³/mol. The third-order valence-corrected chi connectivity index (χ3v) is 3.39. The summed E-state index contributed by atoms with van der Waals surface area (Å²) in [5, 5.41) is 0. The second-order valence-corrected chi connectivity index (χ2v) is 4.61. The molecule has 0 bridgehead atoms. The molecule has 0 N–H and O–H groups in total. The highest BCUT2D eigenvalue weighted by Gasteiger charge is 2.29. The molecule has 17 heavy (non-hydrogen) atoms. The molecule has 2 heteroatoms. The molecule has 1 aliphatic carbocycles. The molecule has 2 unspecified atom stereocenters. The first-order valence-corrected chi connectivity index (χ1v) is 7.48. The van der Waals surface area contributed by atoms with Gasteiger partial charge in [-0.15, -0.1) is 0 Å². The van der Waals surface area contributed by atoms with Gasteiger partial charge < -0.3 is 4.74 Å². The van der Waals surface area contributed by atoms with Gasteiger partial charge in [0.1, 0.15) is 0 Å². The van der Waals surface area contributed by atoms with Gasteiger partial charge in [-0.1, -0.05) is 53.9 Å². The summed E-state index contributed by atoms with van der Waals surface area (Å²) < 4.78 is 5.87. The Morgan fingerprint density at radius 2 is 1.47 bits per heavy atom. The largest absolute Gasteiger partial charge is 0.378 e. The minimum absolute atomic E-state index is 0. The molecule has 0 amide bonds. The molecular formula is C15H32BO. The van der Waals surface area contributed by atoms with E-state index in [1.165, 1.54) is 38.5 Å². The molecule has 2 rings (SSSR count). The van der Waals surface area contributed by atoms with Crippen molar-refractivity contribution in [3.63, 3.8) is 0 Å². The maximum Gasteiger partial charge on any atom is 0.0603 e. The minimum Gasteiger partial charge on any atom is -0.378 e. The molecule has 0 spiro atoms. The lowest BCUT2D eigenvalue weighted by molar-refractivity contribution is -0.0544. The van der Waals surface area contributed by atoms with Gasteiger partial charge in [0.25, 0.3) is 0 Å². The SMILES string of the molecule is CC.CC.CC1COC2CCCCC[C@H]2C1.[B]. The fraction of sp³-hybridized carbons (Fsp3) is 1.00. The van der Waals surface area contributed by atoms with Crippen molar-refractivity contribution in [1.82, 2.24) is 0 Å². The van der Waals surface area contributed by atoms with E-state index in [9.17, 15) is 0 Å². The van der Waals surface area contributed by atoms with Crippen LogP contribution >= 0.6 is 0 Å². The quantitative estimate of drug-likeness (QED) is 0.558. The highest BCUT2D eigenvalue weighted by Crippen LogP contribution is 2.34. The van der Waals surface area contributed by atoms with E-state index in [0.717, 1.165) is 18.4 Å². The molecule has 2 fully saturated rings. The summed E-state index contributed by atoms with van der Waals surface area (Å²) >= 11 is 0. The molecule has 0 aromatic rings. The van der Waals surface area contributed by atoms with Gasteiger partial charge in [0.05, 0.1) is 6.10 Å². The number of fused-ring (bicyclic) bond motifs is 1. The van der Waals surface area contributed by atoms with Crippen LogP contribution in [0.4, 0.5) is 0 Å². The Morgan fingerprint density at radius 3 is 2.12 bits per heavy atom. The van der Waals surface area contributed by atoms with Crippen LogP contribution in [0.5, 0.6) is 0 Å². The first-order chi connectivity index (χ1) is 7.86. The zero-order chi connectivity index (χ0) is 12.4. The van der Waals surface area contributed by atoms with Crippen LogP contribution in [0.2, 0.25) is 0 Å². The summed E-state index contributed by atoms with van der Waals surface area (Å²) in [4.78, 5) is 0. The molecule has 3 atom stereocenters. The van der Waals surface area contributed by atoms with Gasteiger partial charge in [0.2, 0.25) is 0 Å². The minimum atomic E-state index is 0. The Labute approximate surface area is 111 Å². The lowest BCUT2D eigenvalue weighted by Crippen LogP contribution is -2.32. The highest BCUT2D eigenvalue weighted by molar-refractivity contribution is 5.75. The summed E-state index contributed by atoms with van der Waals surface area (Å²) in [7, 11) is 0. The van der Waals surface area contributed by atoms with E-state index in [4.69, 9.17) is 4.74 Å². The maximum absolute atomic E-state index is 5.87. The van der Waals surface area contributed by atoms with Gasteiger partial charge in [-0.3, -0.25) is 0 Å².